The highest BCUT2D eigenvalue weighted by Crippen LogP contribution is 2.38. The van der Waals surface area contributed by atoms with Crippen molar-refractivity contribution < 1.29 is 22.4 Å². The number of rotatable bonds is 4. The lowest BCUT2D eigenvalue weighted by molar-refractivity contribution is -0.135. The summed E-state index contributed by atoms with van der Waals surface area (Å²) in [6.45, 7) is -0.183. The lowest BCUT2D eigenvalue weighted by Crippen LogP contribution is -2.44. The van der Waals surface area contributed by atoms with Gasteiger partial charge in [-0.1, -0.05) is 0 Å². The molecule has 0 atom stereocenters. The van der Waals surface area contributed by atoms with E-state index in [9.17, 15) is 27.2 Å². The van der Waals surface area contributed by atoms with Gasteiger partial charge in [-0.15, -0.1) is 11.3 Å². The summed E-state index contributed by atoms with van der Waals surface area (Å²) in [5.41, 5.74) is -0.122. The maximum absolute atomic E-state index is 13.4. The summed E-state index contributed by atoms with van der Waals surface area (Å²) < 4.78 is 53.8. The number of nitrogens with zero attached hydrogens (tertiary/aromatic N) is 4. The van der Waals surface area contributed by atoms with Crippen molar-refractivity contribution in [2.45, 2.75) is 25.9 Å². The number of halogens is 4. The van der Waals surface area contributed by atoms with E-state index in [2.05, 4.69) is 4.98 Å². The van der Waals surface area contributed by atoms with Crippen LogP contribution >= 0.6 is 11.3 Å². The first kappa shape index (κ1) is 18.7. The molecule has 0 radical (unpaired) electrons. The van der Waals surface area contributed by atoms with E-state index >= 15 is 0 Å². The van der Waals surface area contributed by atoms with Crippen LogP contribution in [0.3, 0.4) is 0 Å². The number of thiophene rings is 1. The zero-order valence-corrected chi connectivity index (χ0v) is 15.2. The van der Waals surface area contributed by atoms with Gasteiger partial charge in [-0.2, -0.15) is 13.2 Å². The van der Waals surface area contributed by atoms with Gasteiger partial charge in [0.05, 0.1) is 5.52 Å². The minimum atomic E-state index is -4.45. The Kier molecular flexibility index (Phi) is 4.48. The molecular formula is C17H14F4N4O2S. The Morgan fingerprint density at radius 2 is 1.96 bits per heavy atom. The van der Waals surface area contributed by atoms with Crippen LogP contribution < -0.4 is 5.69 Å². The number of aromatic nitrogens is 3. The van der Waals surface area contributed by atoms with Crippen molar-refractivity contribution in [2.24, 2.45) is 0 Å². The number of hydrogen-bond donors (Lipinski definition) is 0. The van der Waals surface area contributed by atoms with Crippen molar-refractivity contribution in [2.75, 3.05) is 13.1 Å². The average Bonchev–Trinajstić information content (AvgIpc) is 3.17. The molecule has 1 aliphatic heterocycles. The van der Waals surface area contributed by atoms with Crippen LogP contribution in [0.15, 0.2) is 29.2 Å². The molecule has 11 heteroatoms. The maximum Gasteiger partial charge on any atom is 0.425 e. The predicted molar refractivity (Wildman–Crippen MR) is 94.6 cm³/mol. The summed E-state index contributed by atoms with van der Waals surface area (Å²) in [6.07, 6.45) is -2.27. The SMILES string of the molecule is O=C(Cn1c(=O)n(CF)c2ncc(-c3ccc(C(F)(F)F)s3)cc21)N1CCC1. The highest BCUT2D eigenvalue weighted by Gasteiger charge is 2.32. The van der Waals surface area contributed by atoms with Crippen LogP contribution in [0.5, 0.6) is 0 Å². The number of fused-ring (bicyclic) bond motifs is 1. The molecule has 0 saturated carbocycles. The summed E-state index contributed by atoms with van der Waals surface area (Å²) in [7, 11) is 0. The highest BCUT2D eigenvalue weighted by atomic mass is 32.1. The molecule has 0 bridgehead atoms. The van der Waals surface area contributed by atoms with Crippen LogP contribution in [-0.4, -0.2) is 38.0 Å². The van der Waals surface area contributed by atoms with Crippen molar-refractivity contribution in [1.82, 2.24) is 19.0 Å². The van der Waals surface area contributed by atoms with E-state index in [4.69, 9.17) is 0 Å². The topological polar surface area (TPSA) is 60.1 Å². The molecule has 0 N–H and O–H groups in total. The fourth-order valence-electron chi connectivity index (χ4n) is 3.03. The van der Waals surface area contributed by atoms with Gasteiger partial charge in [0.1, 0.15) is 11.4 Å². The van der Waals surface area contributed by atoms with Gasteiger partial charge in [-0.05, 0) is 24.6 Å². The van der Waals surface area contributed by atoms with Crippen molar-refractivity contribution in [3.63, 3.8) is 0 Å². The van der Waals surface area contributed by atoms with E-state index < -0.39 is 23.5 Å². The third-order valence-corrected chi connectivity index (χ3v) is 5.83. The van der Waals surface area contributed by atoms with Gasteiger partial charge in [0.25, 0.3) is 0 Å². The number of likely N-dealkylation sites (tertiary alicyclic amines) is 1. The van der Waals surface area contributed by atoms with Crippen LogP contribution in [0.1, 0.15) is 11.3 Å². The normalized spacial score (nSPS) is 14.5. The predicted octanol–water partition coefficient (Wildman–Crippen LogP) is 3.10. The van der Waals surface area contributed by atoms with Gasteiger partial charge in [-0.25, -0.2) is 18.7 Å². The molecular weight excluding hydrogens is 400 g/mol. The zero-order chi connectivity index (χ0) is 20.1. The fraction of sp³-hybridized carbons (Fsp3) is 0.353. The van der Waals surface area contributed by atoms with Crippen molar-refractivity contribution in [1.29, 1.82) is 0 Å². The molecule has 148 valence electrons. The Labute approximate surface area is 159 Å². The van der Waals surface area contributed by atoms with E-state index in [-0.39, 0.29) is 23.6 Å². The molecule has 0 spiro atoms. The Bertz CT molecular complexity index is 1110. The van der Waals surface area contributed by atoms with Crippen molar-refractivity contribution >= 4 is 28.4 Å². The van der Waals surface area contributed by atoms with Gasteiger partial charge < -0.3 is 4.90 Å². The van der Waals surface area contributed by atoms with Crippen LogP contribution in [-0.2, 0) is 24.3 Å². The summed E-state index contributed by atoms with van der Waals surface area (Å²) in [6, 6.07) is 3.75. The van der Waals surface area contributed by atoms with Gasteiger partial charge in [0.2, 0.25) is 5.91 Å². The van der Waals surface area contributed by atoms with Gasteiger partial charge in [0.15, 0.2) is 12.4 Å². The Morgan fingerprint density at radius 1 is 1.21 bits per heavy atom. The van der Waals surface area contributed by atoms with Gasteiger partial charge >= 0.3 is 11.9 Å². The third kappa shape index (κ3) is 3.09. The van der Waals surface area contributed by atoms with Crippen molar-refractivity contribution in [3.8, 4) is 10.4 Å². The number of alkyl halides is 4. The Balaban J connectivity index is 1.79. The van der Waals surface area contributed by atoms with Gasteiger partial charge in [-0.3, -0.25) is 9.36 Å². The lowest BCUT2D eigenvalue weighted by atomic mass is 10.2. The molecule has 1 amide bonds. The van der Waals surface area contributed by atoms with E-state index in [1.165, 1.54) is 18.3 Å². The van der Waals surface area contributed by atoms with E-state index in [1.807, 2.05) is 0 Å². The minimum Gasteiger partial charge on any atom is -0.341 e. The molecule has 1 fully saturated rings. The van der Waals surface area contributed by atoms with E-state index in [0.29, 0.717) is 34.9 Å². The first-order valence-corrected chi connectivity index (χ1v) is 9.21. The smallest absolute Gasteiger partial charge is 0.341 e. The van der Waals surface area contributed by atoms with E-state index in [1.54, 1.807) is 4.90 Å². The second-order valence-corrected chi connectivity index (χ2v) is 7.46. The number of carbonyl (C=O) groups excluding carboxylic acids is 1. The number of imidazole rings is 1. The molecule has 1 aliphatic rings. The van der Waals surface area contributed by atoms with Crippen LogP contribution in [0.2, 0.25) is 0 Å². The van der Waals surface area contributed by atoms with Crippen LogP contribution in [0, 0.1) is 0 Å². The fourth-order valence-corrected chi connectivity index (χ4v) is 3.89. The second kappa shape index (κ2) is 6.73. The lowest BCUT2D eigenvalue weighted by Gasteiger charge is -2.30. The van der Waals surface area contributed by atoms with E-state index in [0.717, 1.165) is 21.6 Å². The quantitative estimate of drug-likeness (QED) is 0.617. The number of carbonyl (C=O) groups is 1. The molecule has 1 saturated heterocycles. The molecule has 4 heterocycles. The minimum absolute atomic E-state index is 0.0419. The highest BCUT2D eigenvalue weighted by molar-refractivity contribution is 7.15. The Hall–Kier alpha value is -2.69. The Morgan fingerprint density at radius 3 is 2.54 bits per heavy atom. The average molecular weight is 414 g/mol. The molecule has 6 nitrogen and oxygen atoms in total. The number of pyridine rings is 1. The first-order chi connectivity index (χ1) is 13.3. The van der Waals surface area contributed by atoms with Crippen LogP contribution in [0.25, 0.3) is 21.6 Å². The summed E-state index contributed by atoms with van der Waals surface area (Å²) in [5.74, 6) is -0.271. The summed E-state index contributed by atoms with van der Waals surface area (Å²) >= 11 is 0.547. The number of hydrogen-bond acceptors (Lipinski definition) is 4. The second-order valence-electron chi connectivity index (χ2n) is 6.38. The van der Waals surface area contributed by atoms with Gasteiger partial charge in [0, 0.05) is 29.7 Å². The molecule has 4 rings (SSSR count). The third-order valence-electron chi connectivity index (χ3n) is 4.65. The number of amides is 1. The molecule has 0 aromatic carbocycles. The monoisotopic (exact) mass is 414 g/mol. The molecule has 0 aliphatic carbocycles. The molecule has 28 heavy (non-hydrogen) atoms. The molecule has 0 unspecified atom stereocenters. The zero-order valence-electron chi connectivity index (χ0n) is 14.4. The summed E-state index contributed by atoms with van der Waals surface area (Å²) in [5, 5.41) is 0. The van der Waals surface area contributed by atoms with Crippen LogP contribution in [0.4, 0.5) is 17.6 Å². The molecule has 3 aromatic heterocycles. The van der Waals surface area contributed by atoms with Crippen molar-refractivity contribution in [3.05, 3.63) is 39.8 Å². The largest absolute Gasteiger partial charge is 0.425 e. The first-order valence-electron chi connectivity index (χ1n) is 8.40. The summed E-state index contributed by atoms with van der Waals surface area (Å²) in [4.78, 5) is 30.0. The standard InChI is InChI=1S/C17H14F4N4O2S/c18-9-25-15-11(24(16(25)27)8-14(26)23-4-1-5-23)6-10(7-22-15)12-2-3-13(28-12)17(19,20)21/h2-3,6-7H,1,4-5,8-9H2. The maximum atomic E-state index is 13.4. The molecule has 3 aromatic rings.